The van der Waals surface area contributed by atoms with Crippen molar-refractivity contribution in [2.24, 2.45) is 5.92 Å². The van der Waals surface area contributed by atoms with Crippen LogP contribution >= 0.6 is 0 Å². The maximum atomic E-state index is 12.3. The predicted octanol–water partition coefficient (Wildman–Crippen LogP) is 2.37. The molecular weight excluding hydrogens is 259 g/mol. The van der Waals surface area contributed by atoms with Crippen LogP contribution in [0.4, 0.5) is 13.2 Å². The summed E-state index contributed by atoms with van der Waals surface area (Å²) in [5, 5.41) is 0. The minimum absolute atomic E-state index is 0.0393. The van der Waals surface area contributed by atoms with Gasteiger partial charge in [-0.3, -0.25) is 4.79 Å². The molecule has 104 valence electrons. The highest BCUT2D eigenvalue weighted by molar-refractivity contribution is 5.92. The highest BCUT2D eigenvalue weighted by atomic mass is 19.4. The fraction of sp³-hybridized carbons (Fsp3) is 0.583. The Morgan fingerprint density at radius 2 is 1.89 bits per heavy atom. The third kappa shape index (κ3) is 3.21. The van der Waals surface area contributed by atoms with E-state index in [1.165, 1.54) is 0 Å². The second-order valence-corrected chi connectivity index (χ2v) is 4.76. The quantitative estimate of drug-likeness (QED) is 0.789. The van der Waals surface area contributed by atoms with Gasteiger partial charge in [0.2, 0.25) is 0 Å². The summed E-state index contributed by atoms with van der Waals surface area (Å²) in [6.45, 7) is 3.34. The molecule has 1 aromatic heterocycles. The number of hydrogen-bond donors (Lipinski definition) is 0. The molecule has 19 heavy (non-hydrogen) atoms. The molecule has 0 aromatic carbocycles. The van der Waals surface area contributed by atoms with Crippen LogP contribution in [0.3, 0.4) is 0 Å². The van der Waals surface area contributed by atoms with Crippen LogP contribution in [0.25, 0.3) is 0 Å². The topological polar surface area (TPSA) is 46.1 Å². The molecule has 4 nitrogen and oxygen atoms in total. The molecule has 0 atom stereocenters. The number of alkyl halides is 3. The number of carbonyl (C=O) groups excluding carboxylic acids is 1. The molecule has 1 aromatic rings. The summed E-state index contributed by atoms with van der Waals surface area (Å²) in [6, 6.07) is 0. The van der Waals surface area contributed by atoms with Crippen LogP contribution in [0.1, 0.15) is 35.9 Å². The van der Waals surface area contributed by atoms with Crippen LogP contribution in [0, 0.1) is 5.92 Å². The molecule has 1 saturated heterocycles. The number of halogens is 3. The van der Waals surface area contributed by atoms with Crippen molar-refractivity contribution in [3.8, 4) is 0 Å². The number of aromatic nitrogens is 2. The van der Waals surface area contributed by atoms with E-state index in [2.05, 4.69) is 16.9 Å². The first-order valence-corrected chi connectivity index (χ1v) is 6.06. The Balaban J connectivity index is 2.08. The van der Waals surface area contributed by atoms with Gasteiger partial charge in [-0.05, 0) is 18.8 Å². The first-order chi connectivity index (χ1) is 8.88. The lowest BCUT2D eigenvalue weighted by atomic mass is 9.99. The van der Waals surface area contributed by atoms with Gasteiger partial charge in [-0.2, -0.15) is 13.2 Å². The van der Waals surface area contributed by atoms with Crippen molar-refractivity contribution in [2.75, 3.05) is 13.1 Å². The molecule has 1 fully saturated rings. The van der Waals surface area contributed by atoms with Crippen LogP contribution in [0.2, 0.25) is 0 Å². The number of piperidine rings is 1. The maximum Gasteiger partial charge on any atom is 0.434 e. The van der Waals surface area contributed by atoms with Crippen LogP contribution in [-0.2, 0) is 6.18 Å². The smallest absolute Gasteiger partial charge is 0.337 e. The molecule has 7 heteroatoms. The van der Waals surface area contributed by atoms with Gasteiger partial charge in [0.15, 0.2) is 5.69 Å². The molecule has 1 amide bonds. The summed E-state index contributed by atoms with van der Waals surface area (Å²) >= 11 is 0. The Morgan fingerprint density at radius 3 is 2.37 bits per heavy atom. The molecule has 0 saturated carbocycles. The largest absolute Gasteiger partial charge is 0.434 e. The number of likely N-dealkylation sites (tertiary alicyclic amines) is 1. The third-order valence-electron chi connectivity index (χ3n) is 3.23. The van der Waals surface area contributed by atoms with E-state index >= 15 is 0 Å². The zero-order valence-electron chi connectivity index (χ0n) is 10.4. The van der Waals surface area contributed by atoms with Gasteiger partial charge in [-0.15, -0.1) is 0 Å². The fourth-order valence-corrected chi connectivity index (χ4v) is 1.96. The van der Waals surface area contributed by atoms with Crippen molar-refractivity contribution in [2.45, 2.75) is 25.9 Å². The molecule has 2 heterocycles. The minimum atomic E-state index is -4.53. The number of nitrogens with zero attached hydrogens (tertiary/aromatic N) is 3. The van der Waals surface area contributed by atoms with Crippen LogP contribution in [-0.4, -0.2) is 33.9 Å². The van der Waals surface area contributed by atoms with E-state index < -0.39 is 11.9 Å². The van der Waals surface area contributed by atoms with E-state index in [0.29, 0.717) is 25.2 Å². The minimum Gasteiger partial charge on any atom is -0.337 e. The molecule has 0 unspecified atom stereocenters. The van der Waals surface area contributed by atoms with Gasteiger partial charge in [-0.1, -0.05) is 6.92 Å². The van der Waals surface area contributed by atoms with Crippen LogP contribution < -0.4 is 0 Å². The van der Waals surface area contributed by atoms with Crippen LogP contribution in [0.15, 0.2) is 12.4 Å². The Labute approximate surface area is 108 Å². The average molecular weight is 273 g/mol. The molecule has 0 N–H and O–H groups in total. The van der Waals surface area contributed by atoms with Gasteiger partial charge in [-0.25, -0.2) is 9.97 Å². The lowest BCUT2D eigenvalue weighted by Crippen LogP contribution is -2.38. The molecule has 1 aliphatic rings. The molecule has 2 rings (SSSR count). The molecule has 0 radical (unpaired) electrons. The van der Waals surface area contributed by atoms with E-state index in [9.17, 15) is 18.0 Å². The Morgan fingerprint density at radius 1 is 1.26 bits per heavy atom. The second kappa shape index (κ2) is 5.14. The summed E-state index contributed by atoms with van der Waals surface area (Å²) in [7, 11) is 0. The van der Waals surface area contributed by atoms with Gasteiger partial charge in [0, 0.05) is 13.1 Å². The summed E-state index contributed by atoms with van der Waals surface area (Å²) in [5.74, 6) is 0.218. The van der Waals surface area contributed by atoms with E-state index in [4.69, 9.17) is 0 Å². The van der Waals surface area contributed by atoms with Gasteiger partial charge in [0.05, 0.1) is 12.4 Å². The van der Waals surface area contributed by atoms with Gasteiger partial charge >= 0.3 is 6.18 Å². The second-order valence-electron chi connectivity index (χ2n) is 4.76. The third-order valence-corrected chi connectivity index (χ3v) is 3.23. The zero-order valence-corrected chi connectivity index (χ0v) is 10.4. The van der Waals surface area contributed by atoms with Gasteiger partial charge in [0.1, 0.15) is 5.69 Å². The van der Waals surface area contributed by atoms with Crippen molar-refractivity contribution < 1.29 is 18.0 Å². The monoisotopic (exact) mass is 273 g/mol. The van der Waals surface area contributed by atoms with Gasteiger partial charge in [0.25, 0.3) is 5.91 Å². The molecular formula is C12H14F3N3O. The van der Waals surface area contributed by atoms with E-state index in [0.717, 1.165) is 19.0 Å². The summed E-state index contributed by atoms with van der Waals surface area (Å²) in [5.41, 5.74) is -1.13. The number of amides is 1. The molecule has 0 aliphatic carbocycles. The number of hydrogen-bond acceptors (Lipinski definition) is 3. The highest BCUT2D eigenvalue weighted by Gasteiger charge is 2.33. The van der Waals surface area contributed by atoms with Crippen molar-refractivity contribution in [1.29, 1.82) is 0 Å². The van der Waals surface area contributed by atoms with Crippen molar-refractivity contribution >= 4 is 5.91 Å². The van der Waals surface area contributed by atoms with E-state index in [1.807, 2.05) is 0 Å². The van der Waals surface area contributed by atoms with Crippen molar-refractivity contribution in [3.63, 3.8) is 0 Å². The Bertz CT molecular complexity index is 450. The normalized spacial score (nSPS) is 17.6. The Hall–Kier alpha value is -1.66. The number of carbonyl (C=O) groups is 1. The molecule has 0 spiro atoms. The van der Waals surface area contributed by atoms with Crippen molar-refractivity contribution in [1.82, 2.24) is 14.9 Å². The number of rotatable bonds is 1. The lowest BCUT2D eigenvalue weighted by Gasteiger charge is -2.29. The summed E-state index contributed by atoms with van der Waals surface area (Å²) in [4.78, 5) is 20.4. The standard InChI is InChI=1S/C12H14F3N3O/c1-8-2-4-18(5-3-8)11(19)9-6-17-10(7-16-9)12(13,14)15/h6-8H,2-5H2,1H3. The SMILES string of the molecule is CC1CCN(C(=O)c2cnc(C(F)(F)F)cn2)CC1. The molecule has 0 bridgehead atoms. The predicted molar refractivity (Wildman–Crippen MR) is 61.3 cm³/mol. The summed E-state index contributed by atoms with van der Waals surface area (Å²) in [6.07, 6.45) is -1.24. The zero-order chi connectivity index (χ0) is 14.0. The van der Waals surface area contributed by atoms with Crippen LogP contribution in [0.5, 0.6) is 0 Å². The van der Waals surface area contributed by atoms with E-state index in [-0.39, 0.29) is 11.6 Å². The first kappa shape index (κ1) is 13.8. The van der Waals surface area contributed by atoms with E-state index in [1.54, 1.807) is 4.90 Å². The maximum absolute atomic E-state index is 12.3. The van der Waals surface area contributed by atoms with Gasteiger partial charge < -0.3 is 4.90 Å². The molecule has 1 aliphatic heterocycles. The fourth-order valence-electron chi connectivity index (χ4n) is 1.96. The Kier molecular flexibility index (Phi) is 3.73. The highest BCUT2D eigenvalue weighted by Crippen LogP contribution is 2.26. The average Bonchev–Trinajstić information content (AvgIpc) is 2.38. The summed E-state index contributed by atoms with van der Waals surface area (Å²) < 4.78 is 37.0. The first-order valence-electron chi connectivity index (χ1n) is 6.06. The van der Waals surface area contributed by atoms with Crippen molar-refractivity contribution in [3.05, 3.63) is 23.8 Å². The lowest BCUT2D eigenvalue weighted by molar-refractivity contribution is -0.141.